The minimum absolute atomic E-state index is 0.0548. The van der Waals surface area contributed by atoms with E-state index >= 15 is 0 Å². The Kier molecular flexibility index (Phi) is 4.01. The molecule has 1 aromatic heterocycles. The molecule has 2 amide bonds. The number of amides is 2. The van der Waals surface area contributed by atoms with E-state index in [1.165, 1.54) is 0 Å². The number of hydrogen-bond acceptors (Lipinski definition) is 4. The molecule has 6 rings (SSSR count). The van der Waals surface area contributed by atoms with E-state index in [0.717, 1.165) is 11.3 Å². The van der Waals surface area contributed by atoms with Crippen molar-refractivity contribution >= 4 is 11.8 Å². The molecule has 0 unspecified atom stereocenters. The monoisotopic (exact) mass is 414 g/mol. The number of ether oxygens (including phenoxy) is 1. The van der Waals surface area contributed by atoms with Crippen molar-refractivity contribution in [3.8, 4) is 5.69 Å². The maximum atomic E-state index is 13.5. The van der Waals surface area contributed by atoms with Crippen molar-refractivity contribution in [2.45, 2.75) is 30.7 Å². The van der Waals surface area contributed by atoms with Crippen LogP contribution < -0.4 is 0 Å². The number of aromatic nitrogens is 2. The van der Waals surface area contributed by atoms with Crippen molar-refractivity contribution in [3.63, 3.8) is 0 Å². The first-order valence-corrected chi connectivity index (χ1v) is 10.6. The van der Waals surface area contributed by atoms with Crippen molar-refractivity contribution in [3.05, 3.63) is 84.2 Å². The molecule has 31 heavy (non-hydrogen) atoms. The van der Waals surface area contributed by atoms with Crippen molar-refractivity contribution in [2.75, 3.05) is 13.2 Å². The van der Waals surface area contributed by atoms with Crippen LogP contribution in [-0.4, -0.2) is 56.3 Å². The number of hydrogen-bond donors (Lipinski definition) is 0. The lowest BCUT2D eigenvalue weighted by Crippen LogP contribution is -2.49. The van der Waals surface area contributed by atoms with Crippen LogP contribution in [0.5, 0.6) is 0 Å². The maximum absolute atomic E-state index is 13.5. The van der Waals surface area contributed by atoms with Crippen LogP contribution in [0.1, 0.15) is 34.8 Å². The Morgan fingerprint density at radius 3 is 2.77 bits per heavy atom. The second-order valence-electron chi connectivity index (χ2n) is 8.32. The van der Waals surface area contributed by atoms with Crippen LogP contribution in [0.25, 0.3) is 5.69 Å². The van der Waals surface area contributed by atoms with Crippen LogP contribution in [0.4, 0.5) is 0 Å². The molecule has 0 radical (unpaired) electrons. The largest absolute Gasteiger partial charge is 0.351 e. The summed E-state index contributed by atoms with van der Waals surface area (Å²) in [6.07, 6.45) is 4.49. The number of benzene rings is 2. The van der Waals surface area contributed by atoms with Crippen LogP contribution in [0, 0.1) is 0 Å². The Hall–Kier alpha value is -3.45. The van der Waals surface area contributed by atoms with E-state index < -0.39 is 5.72 Å². The molecule has 0 bridgehead atoms. The minimum Gasteiger partial charge on any atom is -0.351 e. The molecule has 1 spiro atoms. The Morgan fingerprint density at radius 2 is 1.97 bits per heavy atom. The van der Waals surface area contributed by atoms with Gasteiger partial charge in [0.25, 0.3) is 5.91 Å². The van der Waals surface area contributed by atoms with Gasteiger partial charge in [0, 0.05) is 30.9 Å². The number of carbonyl (C=O) groups is 2. The quantitative estimate of drug-likeness (QED) is 0.661. The Labute approximate surface area is 179 Å². The summed E-state index contributed by atoms with van der Waals surface area (Å²) in [5.41, 5.74) is 1.78. The molecule has 2 aromatic carbocycles. The van der Waals surface area contributed by atoms with Gasteiger partial charge < -0.3 is 14.5 Å². The van der Waals surface area contributed by atoms with E-state index in [4.69, 9.17) is 4.74 Å². The summed E-state index contributed by atoms with van der Waals surface area (Å²) in [5, 5.41) is 4.25. The molecule has 3 saturated heterocycles. The molecule has 7 nitrogen and oxygen atoms in total. The number of likely N-dealkylation sites (tertiary alicyclic amines) is 1. The van der Waals surface area contributed by atoms with Crippen molar-refractivity contribution < 1.29 is 14.3 Å². The highest BCUT2D eigenvalue weighted by Crippen LogP contribution is 2.51. The van der Waals surface area contributed by atoms with Crippen molar-refractivity contribution in [1.29, 1.82) is 0 Å². The van der Waals surface area contributed by atoms with Gasteiger partial charge in [-0.05, 0) is 29.8 Å². The molecule has 4 heterocycles. The predicted molar refractivity (Wildman–Crippen MR) is 112 cm³/mol. The third-order valence-electron chi connectivity index (χ3n) is 6.76. The van der Waals surface area contributed by atoms with E-state index in [0.29, 0.717) is 31.6 Å². The average Bonchev–Trinajstić information content (AvgIpc) is 3.57. The van der Waals surface area contributed by atoms with Crippen LogP contribution >= 0.6 is 0 Å². The number of rotatable bonds is 3. The second-order valence-corrected chi connectivity index (χ2v) is 8.32. The topological polar surface area (TPSA) is 67.7 Å². The Morgan fingerprint density at radius 1 is 1.10 bits per heavy atom. The molecule has 0 N–H and O–H groups in total. The normalized spacial score (nSPS) is 26.9. The molecule has 0 saturated carbocycles. The third kappa shape index (κ3) is 2.66. The smallest absolute Gasteiger partial charge is 0.254 e. The summed E-state index contributed by atoms with van der Waals surface area (Å²) in [7, 11) is 0. The molecule has 3 aromatic rings. The Bertz CT molecular complexity index is 1150. The van der Waals surface area contributed by atoms with E-state index in [2.05, 4.69) is 5.10 Å². The lowest BCUT2D eigenvalue weighted by atomic mass is 10.0. The minimum atomic E-state index is -0.715. The van der Waals surface area contributed by atoms with E-state index in [1.807, 2.05) is 76.7 Å². The average molecular weight is 414 g/mol. The Balaban J connectivity index is 1.30. The SMILES string of the molecule is O=C(c1cccc(-n2cccn2)c1)N1CC[C@@]23OC[C@@H](c4ccccc4)N2C(=O)C[C@@H]13. The molecular weight excluding hydrogens is 392 g/mol. The van der Waals surface area contributed by atoms with Crippen LogP contribution in [-0.2, 0) is 9.53 Å². The standard InChI is InChI=1S/C24H22N4O3/c29-22-15-21-24(28(22)20(16-31-24)17-6-2-1-3-7-17)10-13-26(21)23(30)18-8-4-9-19(14-18)27-12-5-11-25-27/h1-9,11-12,14,20-21H,10,13,15-16H2/t20-,21+,24-/m0/s1. The zero-order valence-corrected chi connectivity index (χ0v) is 16.9. The first kappa shape index (κ1) is 18.3. The molecule has 3 atom stereocenters. The fraction of sp³-hybridized carbons (Fsp3) is 0.292. The van der Waals surface area contributed by atoms with Gasteiger partial charge in [0.05, 0.1) is 30.8 Å². The lowest BCUT2D eigenvalue weighted by molar-refractivity contribution is -0.138. The summed E-state index contributed by atoms with van der Waals surface area (Å²) in [5.74, 6) is -0.0172. The zero-order valence-electron chi connectivity index (χ0n) is 16.9. The highest BCUT2D eigenvalue weighted by molar-refractivity contribution is 5.96. The summed E-state index contributed by atoms with van der Waals surface area (Å²) >= 11 is 0. The van der Waals surface area contributed by atoms with Gasteiger partial charge in [0.1, 0.15) is 0 Å². The maximum Gasteiger partial charge on any atom is 0.254 e. The van der Waals surface area contributed by atoms with Crippen LogP contribution in [0.2, 0.25) is 0 Å². The lowest BCUT2D eigenvalue weighted by Gasteiger charge is -2.33. The summed E-state index contributed by atoms with van der Waals surface area (Å²) in [6.45, 7) is 1.03. The highest BCUT2D eigenvalue weighted by atomic mass is 16.5. The van der Waals surface area contributed by atoms with E-state index in [-0.39, 0.29) is 23.9 Å². The fourth-order valence-corrected chi connectivity index (χ4v) is 5.38. The second kappa shape index (κ2) is 6.78. The molecule has 0 aliphatic carbocycles. The van der Waals surface area contributed by atoms with Gasteiger partial charge in [-0.15, -0.1) is 0 Å². The summed E-state index contributed by atoms with van der Waals surface area (Å²) in [6, 6.07) is 18.9. The first-order chi connectivity index (χ1) is 15.2. The molecule has 3 aliphatic rings. The molecule has 3 fully saturated rings. The summed E-state index contributed by atoms with van der Waals surface area (Å²) < 4.78 is 8.05. The van der Waals surface area contributed by atoms with Gasteiger partial charge in [0.15, 0.2) is 5.72 Å². The third-order valence-corrected chi connectivity index (χ3v) is 6.76. The van der Waals surface area contributed by atoms with Gasteiger partial charge in [0.2, 0.25) is 5.91 Å². The number of nitrogens with zero attached hydrogens (tertiary/aromatic N) is 4. The van der Waals surface area contributed by atoms with E-state index in [9.17, 15) is 9.59 Å². The van der Waals surface area contributed by atoms with Gasteiger partial charge in [-0.1, -0.05) is 36.4 Å². The van der Waals surface area contributed by atoms with Crippen molar-refractivity contribution in [2.24, 2.45) is 0 Å². The van der Waals surface area contributed by atoms with Gasteiger partial charge >= 0.3 is 0 Å². The van der Waals surface area contributed by atoms with Gasteiger partial charge in [-0.3, -0.25) is 9.59 Å². The van der Waals surface area contributed by atoms with Crippen LogP contribution in [0.3, 0.4) is 0 Å². The molecule has 3 aliphatic heterocycles. The first-order valence-electron chi connectivity index (χ1n) is 10.6. The van der Waals surface area contributed by atoms with Gasteiger partial charge in [-0.2, -0.15) is 5.10 Å². The van der Waals surface area contributed by atoms with Gasteiger partial charge in [-0.25, -0.2) is 4.68 Å². The summed E-state index contributed by atoms with van der Waals surface area (Å²) in [4.78, 5) is 30.3. The fourth-order valence-electron chi connectivity index (χ4n) is 5.38. The van der Waals surface area contributed by atoms with Crippen LogP contribution in [0.15, 0.2) is 73.1 Å². The van der Waals surface area contributed by atoms with Crippen molar-refractivity contribution in [1.82, 2.24) is 19.6 Å². The number of carbonyl (C=O) groups excluding carboxylic acids is 2. The highest BCUT2D eigenvalue weighted by Gasteiger charge is 2.65. The molecular formula is C24H22N4O3. The van der Waals surface area contributed by atoms with E-state index in [1.54, 1.807) is 10.9 Å². The zero-order chi connectivity index (χ0) is 21.0. The predicted octanol–water partition coefficient (Wildman–Crippen LogP) is 2.79. The molecule has 7 heteroatoms. The molecule has 156 valence electrons.